The number of carbonyl (C=O) groups is 1. The van der Waals surface area contributed by atoms with E-state index in [4.69, 9.17) is 0 Å². The van der Waals surface area contributed by atoms with Crippen LogP contribution in [0.25, 0.3) is 0 Å². The first-order valence-electron chi connectivity index (χ1n) is 8.22. The van der Waals surface area contributed by atoms with Crippen molar-refractivity contribution < 1.29 is 13.2 Å². The molecule has 1 unspecified atom stereocenters. The van der Waals surface area contributed by atoms with Crippen molar-refractivity contribution in [1.29, 1.82) is 0 Å². The van der Waals surface area contributed by atoms with E-state index in [-0.39, 0.29) is 22.6 Å². The van der Waals surface area contributed by atoms with Gasteiger partial charge in [-0.3, -0.25) is 4.79 Å². The van der Waals surface area contributed by atoms with Crippen LogP contribution in [0.2, 0.25) is 0 Å². The summed E-state index contributed by atoms with van der Waals surface area (Å²) >= 11 is 1.61. The number of carbonyl (C=O) groups excluding carboxylic acids is 1. The minimum Gasteiger partial charge on any atom is -0.300 e. The van der Waals surface area contributed by atoms with Gasteiger partial charge in [0.15, 0.2) is 5.78 Å². The SMILES string of the molecule is CN(C)C(CNS(=O)(=O)c1ccc(C(=O)C2CC2)cc1)c1cccs1. The molecule has 0 saturated heterocycles. The summed E-state index contributed by atoms with van der Waals surface area (Å²) < 4.78 is 27.8. The molecule has 0 radical (unpaired) electrons. The molecule has 0 spiro atoms. The molecule has 1 aromatic heterocycles. The molecule has 25 heavy (non-hydrogen) atoms. The Morgan fingerprint density at radius 1 is 1.24 bits per heavy atom. The molecule has 0 bridgehead atoms. The maximum atomic E-state index is 12.5. The molecule has 5 nitrogen and oxygen atoms in total. The number of rotatable bonds is 8. The van der Waals surface area contributed by atoms with Gasteiger partial charge in [0.25, 0.3) is 0 Å². The number of likely N-dealkylation sites (N-methyl/N-ethyl adjacent to an activating group) is 1. The Kier molecular flexibility index (Phi) is 5.38. The Labute approximate surface area is 152 Å². The molecule has 1 N–H and O–H groups in total. The Hall–Kier alpha value is -1.54. The lowest BCUT2D eigenvalue weighted by Gasteiger charge is -2.23. The number of nitrogens with one attached hydrogen (secondary N) is 1. The van der Waals surface area contributed by atoms with Gasteiger partial charge in [-0.25, -0.2) is 13.1 Å². The fourth-order valence-corrected chi connectivity index (χ4v) is 4.63. The number of nitrogens with zero attached hydrogens (tertiary/aromatic N) is 1. The van der Waals surface area contributed by atoms with Crippen LogP contribution in [-0.4, -0.2) is 39.7 Å². The van der Waals surface area contributed by atoms with Crippen LogP contribution in [0.3, 0.4) is 0 Å². The molecular formula is C18H22N2O3S2. The molecule has 1 heterocycles. The van der Waals surface area contributed by atoms with Gasteiger partial charge in [-0.15, -0.1) is 11.3 Å². The molecule has 0 amide bonds. The Balaban J connectivity index is 1.69. The topological polar surface area (TPSA) is 66.5 Å². The number of ketones is 1. The van der Waals surface area contributed by atoms with E-state index in [1.807, 2.05) is 36.5 Å². The third kappa shape index (κ3) is 4.36. The second kappa shape index (κ2) is 7.37. The summed E-state index contributed by atoms with van der Waals surface area (Å²) in [6.45, 7) is 0.290. The molecule has 3 rings (SSSR count). The number of Topliss-reactive ketones (excluding diaryl/α,β-unsaturated/α-hetero) is 1. The number of hydrogen-bond donors (Lipinski definition) is 1. The fourth-order valence-electron chi connectivity index (χ4n) is 2.67. The maximum absolute atomic E-state index is 12.5. The number of thiophene rings is 1. The molecule has 1 saturated carbocycles. The number of sulfonamides is 1. The minimum atomic E-state index is -3.61. The van der Waals surface area contributed by atoms with Crippen molar-refractivity contribution >= 4 is 27.1 Å². The fraction of sp³-hybridized carbons (Fsp3) is 0.389. The average Bonchev–Trinajstić information content (AvgIpc) is 3.30. The van der Waals surface area contributed by atoms with E-state index in [2.05, 4.69) is 4.72 Å². The standard InChI is InChI=1S/C18H22N2O3S2/c1-20(2)16(17-4-3-11-24-17)12-19-25(22,23)15-9-7-14(8-10-15)18(21)13-5-6-13/h3-4,7-11,13,16,19H,5-6,12H2,1-2H3. The van der Waals surface area contributed by atoms with Crippen molar-refractivity contribution in [2.45, 2.75) is 23.8 Å². The van der Waals surface area contributed by atoms with Crippen molar-refractivity contribution in [2.75, 3.05) is 20.6 Å². The van der Waals surface area contributed by atoms with Crippen molar-refractivity contribution in [3.05, 3.63) is 52.2 Å². The normalized spacial score (nSPS) is 16.1. The van der Waals surface area contributed by atoms with Crippen LogP contribution in [0.15, 0.2) is 46.7 Å². The maximum Gasteiger partial charge on any atom is 0.240 e. The molecule has 7 heteroatoms. The molecular weight excluding hydrogens is 356 g/mol. The smallest absolute Gasteiger partial charge is 0.240 e. The zero-order chi connectivity index (χ0) is 18.0. The molecule has 1 atom stereocenters. The lowest BCUT2D eigenvalue weighted by Crippen LogP contribution is -2.34. The van der Waals surface area contributed by atoms with E-state index in [1.54, 1.807) is 23.5 Å². The monoisotopic (exact) mass is 378 g/mol. The van der Waals surface area contributed by atoms with Crippen LogP contribution in [0, 0.1) is 5.92 Å². The van der Waals surface area contributed by atoms with Crippen molar-refractivity contribution in [2.24, 2.45) is 5.92 Å². The first-order valence-corrected chi connectivity index (χ1v) is 10.6. The quantitative estimate of drug-likeness (QED) is 0.717. The average molecular weight is 379 g/mol. The van der Waals surface area contributed by atoms with Crippen LogP contribution in [0.5, 0.6) is 0 Å². The van der Waals surface area contributed by atoms with Gasteiger partial charge in [-0.2, -0.15) is 0 Å². The second-order valence-electron chi connectivity index (χ2n) is 6.51. The van der Waals surface area contributed by atoms with Gasteiger partial charge in [0, 0.05) is 22.9 Å². The Morgan fingerprint density at radius 3 is 2.44 bits per heavy atom. The zero-order valence-corrected chi connectivity index (χ0v) is 15.9. The molecule has 1 fully saturated rings. The molecule has 134 valence electrons. The first kappa shape index (κ1) is 18.3. The molecule has 1 aromatic carbocycles. The molecule has 2 aromatic rings. The molecule has 1 aliphatic carbocycles. The van der Waals surface area contributed by atoms with E-state index in [0.717, 1.165) is 17.7 Å². The van der Waals surface area contributed by atoms with Crippen LogP contribution in [-0.2, 0) is 10.0 Å². The van der Waals surface area contributed by atoms with Crippen LogP contribution in [0.4, 0.5) is 0 Å². The number of benzene rings is 1. The van der Waals surface area contributed by atoms with E-state index >= 15 is 0 Å². The van der Waals surface area contributed by atoms with Crippen LogP contribution < -0.4 is 4.72 Å². The summed E-state index contributed by atoms with van der Waals surface area (Å²) in [4.78, 5) is 15.3. The molecule has 1 aliphatic rings. The third-order valence-corrected chi connectivity index (χ3v) is 6.77. The van der Waals surface area contributed by atoms with Gasteiger partial charge in [0.05, 0.1) is 10.9 Å². The van der Waals surface area contributed by atoms with E-state index < -0.39 is 10.0 Å². The van der Waals surface area contributed by atoms with Gasteiger partial charge in [-0.1, -0.05) is 18.2 Å². The summed E-state index contributed by atoms with van der Waals surface area (Å²) in [7, 11) is 0.245. The predicted octanol–water partition coefficient (Wildman–Crippen LogP) is 2.92. The Bertz CT molecular complexity index is 824. The van der Waals surface area contributed by atoms with E-state index in [9.17, 15) is 13.2 Å². The molecule has 0 aliphatic heterocycles. The van der Waals surface area contributed by atoms with Gasteiger partial charge in [-0.05, 0) is 50.5 Å². The minimum absolute atomic E-state index is 0.0227. The lowest BCUT2D eigenvalue weighted by atomic mass is 10.1. The summed E-state index contributed by atoms with van der Waals surface area (Å²) in [5.41, 5.74) is 0.589. The first-order chi connectivity index (χ1) is 11.9. The van der Waals surface area contributed by atoms with Crippen LogP contribution >= 0.6 is 11.3 Å². The highest BCUT2D eigenvalue weighted by atomic mass is 32.2. The summed E-state index contributed by atoms with van der Waals surface area (Å²) in [6, 6.07) is 10.2. The van der Waals surface area contributed by atoms with Crippen molar-refractivity contribution in [1.82, 2.24) is 9.62 Å². The van der Waals surface area contributed by atoms with Gasteiger partial charge >= 0.3 is 0 Å². The highest BCUT2D eigenvalue weighted by Crippen LogP contribution is 2.32. The largest absolute Gasteiger partial charge is 0.300 e. The summed E-state index contributed by atoms with van der Waals surface area (Å²) in [6.07, 6.45) is 1.88. The summed E-state index contributed by atoms with van der Waals surface area (Å²) in [5, 5.41) is 1.98. The predicted molar refractivity (Wildman–Crippen MR) is 99.4 cm³/mol. The summed E-state index contributed by atoms with van der Waals surface area (Å²) in [5.74, 6) is 0.245. The lowest BCUT2D eigenvalue weighted by molar-refractivity contribution is 0.0967. The van der Waals surface area contributed by atoms with Gasteiger partial charge in [0.2, 0.25) is 10.0 Å². The highest BCUT2D eigenvalue weighted by Gasteiger charge is 2.30. The third-order valence-electron chi connectivity index (χ3n) is 4.36. The number of hydrogen-bond acceptors (Lipinski definition) is 5. The highest BCUT2D eigenvalue weighted by molar-refractivity contribution is 7.89. The van der Waals surface area contributed by atoms with Gasteiger partial charge < -0.3 is 4.90 Å². The zero-order valence-electron chi connectivity index (χ0n) is 14.3. The second-order valence-corrected chi connectivity index (χ2v) is 9.26. The van der Waals surface area contributed by atoms with Gasteiger partial charge in [0.1, 0.15) is 0 Å². The van der Waals surface area contributed by atoms with E-state index in [1.165, 1.54) is 12.1 Å². The van der Waals surface area contributed by atoms with E-state index in [0.29, 0.717) is 12.1 Å². The Morgan fingerprint density at radius 2 is 1.92 bits per heavy atom. The van der Waals surface area contributed by atoms with Crippen molar-refractivity contribution in [3.63, 3.8) is 0 Å². The van der Waals surface area contributed by atoms with Crippen LogP contribution in [0.1, 0.15) is 34.1 Å². The van der Waals surface area contributed by atoms with Crippen molar-refractivity contribution in [3.8, 4) is 0 Å².